The monoisotopic (exact) mass is 1180 g/mol. The second-order valence-electron chi connectivity index (χ2n) is 19.1. The molecule has 2 saturated heterocycles. The maximum Gasteiger partial charge on any atom is 0.359 e. The third kappa shape index (κ3) is 15.3. The summed E-state index contributed by atoms with van der Waals surface area (Å²) < 4.78 is 85.4. The molecule has 3 fully saturated rings. The van der Waals surface area contributed by atoms with Crippen LogP contribution in [0.4, 0.5) is 0 Å². The molecule has 3 aromatic heterocycles. The molecular weight excluding hydrogens is 1110 g/mol. The summed E-state index contributed by atoms with van der Waals surface area (Å²) in [5.41, 5.74) is -5.14. The summed E-state index contributed by atoms with van der Waals surface area (Å²) in [4.78, 5) is 141. The lowest BCUT2D eigenvalue weighted by Crippen LogP contribution is -2.45. The Hall–Kier alpha value is -5.61. The van der Waals surface area contributed by atoms with Gasteiger partial charge in [-0.2, -0.15) is 0 Å². The van der Waals surface area contributed by atoms with Crippen LogP contribution in [0.3, 0.4) is 0 Å². The summed E-state index contributed by atoms with van der Waals surface area (Å²) in [5.74, 6) is -4.00. The average Bonchev–Trinajstić information content (AvgIpc) is 4.09. The predicted octanol–water partition coefficient (Wildman–Crippen LogP) is -3.83. The molecule has 6 rings (SSSR count). The first-order valence-electron chi connectivity index (χ1n) is 25.0. The number of hydrogen-bond donors (Lipinski definition) is 10. The van der Waals surface area contributed by atoms with Crippen molar-refractivity contribution in [2.75, 3.05) is 60.8 Å². The van der Waals surface area contributed by atoms with Gasteiger partial charge >= 0.3 is 32.3 Å². The van der Waals surface area contributed by atoms with Crippen molar-refractivity contribution in [1.82, 2.24) is 44.6 Å². The highest BCUT2D eigenvalue weighted by atomic mass is 31.2. The Kier molecular flexibility index (Phi) is 21.8. The Balaban J connectivity index is 1.27. The van der Waals surface area contributed by atoms with E-state index in [9.17, 15) is 72.3 Å². The molecule has 15 atom stereocenters. The van der Waals surface area contributed by atoms with Crippen molar-refractivity contribution in [2.24, 2.45) is 5.92 Å². The number of nitrogens with zero attached hydrogens (tertiary/aromatic N) is 3. The minimum Gasteiger partial charge on any atom is -0.396 e. The first-order chi connectivity index (χ1) is 37.8. The lowest BCUT2D eigenvalue weighted by molar-refractivity contribution is -0.129. The normalized spacial score (nSPS) is 27.7. The Morgan fingerprint density at radius 3 is 1.59 bits per heavy atom. The standard InChI is InChI=1S/C45H67N9O24P2/c1-23(75-35-24(20-55)19-25(36(35)70-16-10-28(56)46-4)52-13-7-31(59)49-42(52)63)79(66,67)73-22-27-37(39(72-18-12-30(58)48-6)41(77-27)54-15-9-33(61)51-44(54)65)78-45(2,3)80(68,69)74-21-26-34(62)38(71-17-11-29(57)47-5)40(76-26)53-14-8-32(60)50-43(53)64/h7-9,13-15,23-27,34-41,55,62H,10-12,16-22H2,1-6H3,(H,46,56)(H,47,57)(H,48,58)(H,66,67)(H,68,69)(H,49,59,63)(H,50,60,64)(H,51,61,65). The summed E-state index contributed by atoms with van der Waals surface area (Å²) in [5, 5.41) is 26.8. The summed E-state index contributed by atoms with van der Waals surface area (Å²) in [6, 6.07) is 2.08. The van der Waals surface area contributed by atoms with Crippen LogP contribution < -0.4 is 49.7 Å². The third-order valence-corrected chi connectivity index (χ3v) is 17.0. The van der Waals surface area contributed by atoms with Crippen molar-refractivity contribution in [2.45, 2.75) is 125 Å². The van der Waals surface area contributed by atoms with Gasteiger partial charge in [-0.3, -0.25) is 66.6 Å². The number of nitrogens with one attached hydrogen (secondary N) is 6. The third-order valence-electron chi connectivity index (χ3n) is 13.5. The molecule has 3 amide bonds. The van der Waals surface area contributed by atoms with Gasteiger partial charge in [0.05, 0.1) is 45.2 Å². The largest absolute Gasteiger partial charge is 0.396 e. The topological polar surface area (TPSA) is 450 Å². The zero-order chi connectivity index (χ0) is 58.9. The summed E-state index contributed by atoms with van der Waals surface area (Å²) in [7, 11) is -6.17. The molecule has 5 heterocycles. The van der Waals surface area contributed by atoms with E-state index >= 15 is 0 Å². The van der Waals surface area contributed by atoms with E-state index in [0.717, 1.165) is 65.1 Å². The van der Waals surface area contributed by atoms with E-state index in [2.05, 4.69) is 25.9 Å². The van der Waals surface area contributed by atoms with Crippen LogP contribution in [0.15, 0.2) is 65.6 Å². The molecule has 2 aliphatic heterocycles. The van der Waals surface area contributed by atoms with Gasteiger partial charge in [0.1, 0.15) is 42.7 Å². The SMILES string of the molecule is CNC(=O)CCOC1C(OC(C)P(=O)(O)OCC2OC(n3ccc(=O)[nH]c3=O)C(OCCC(=O)NC)C2OC(C)(C)P(=O)(O)OCC2OC(n3ccc(=O)[nH]c3=O)C(OCCC(=O)NC)C2O)C(CO)CC1n1ccc(=O)[nH]c1=O. The van der Waals surface area contributed by atoms with Gasteiger partial charge in [0, 0.05) is 89.7 Å². The van der Waals surface area contributed by atoms with Gasteiger partial charge in [-0.25, -0.2) is 14.4 Å². The number of H-pyrrole nitrogens is 3. The molecular formula is C45H67N9O24P2. The van der Waals surface area contributed by atoms with Crippen LogP contribution in [0.1, 0.15) is 65.0 Å². The van der Waals surface area contributed by atoms with Gasteiger partial charge < -0.3 is 78.2 Å². The Bertz CT molecular complexity index is 3110. The molecule has 0 bridgehead atoms. The molecule has 1 aliphatic carbocycles. The molecule has 3 aromatic rings. The fraction of sp³-hybridized carbons (Fsp3) is 0.667. The van der Waals surface area contributed by atoms with Crippen molar-refractivity contribution in [3.05, 3.63) is 99.3 Å². The second kappa shape index (κ2) is 27.4. The number of hydrogen-bond acceptors (Lipinski definition) is 22. The number of aromatic nitrogens is 6. The Morgan fingerprint density at radius 2 is 1.11 bits per heavy atom. The quantitative estimate of drug-likeness (QED) is 0.0311. The number of rotatable bonds is 28. The zero-order valence-corrected chi connectivity index (χ0v) is 46.0. The molecule has 0 radical (unpaired) electrons. The Morgan fingerprint density at radius 1 is 0.675 bits per heavy atom. The highest BCUT2D eigenvalue weighted by Gasteiger charge is 2.56. The minimum atomic E-state index is -5.22. The average molecular weight is 1180 g/mol. The van der Waals surface area contributed by atoms with E-state index in [-0.39, 0.29) is 38.9 Å². The zero-order valence-electron chi connectivity index (χ0n) is 44.2. The van der Waals surface area contributed by atoms with Crippen LogP contribution >= 0.6 is 15.2 Å². The smallest absolute Gasteiger partial charge is 0.359 e. The number of amides is 3. The van der Waals surface area contributed by atoms with Crippen LogP contribution in [0.5, 0.6) is 0 Å². The molecule has 80 heavy (non-hydrogen) atoms. The van der Waals surface area contributed by atoms with E-state index in [0.29, 0.717) is 0 Å². The Labute approximate surface area is 453 Å². The van der Waals surface area contributed by atoms with Gasteiger partial charge in [0.2, 0.25) is 17.7 Å². The fourth-order valence-corrected chi connectivity index (χ4v) is 10.8. The molecule has 0 spiro atoms. The second-order valence-corrected chi connectivity index (χ2v) is 23.6. The number of aliphatic hydroxyl groups excluding tert-OH is 2. The number of carbonyl (C=O) groups is 3. The molecule has 3 aliphatic rings. The van der Waals surface area contributed by atoms with E-state index in [4.69, 9.17) is 42.2 Å². The highest BCUT2D eigenvalue weighted by molar-refractivity contribution is 7.54. The van der Waals surface area contributed by atoms with E-state index in [1.807, 2.05) is 4.98 Å². The molecule has 10 N–H and O–H groups in total. The molecule has 35 heteroatoms. The number of carbonyl (C=O) groups excluding carboxylic acids is 3. The van der Waals surface area contributed by atoms with Crippen LogP contribution in [0.2, 0.25) is 0 Å². The van der Waals surface area contributed by atoms with Crippen LogP contribution in [0, 0.1) is 5.92 Å². The lowest BCUT2D eigenvalue weighted by Gasteiger charge is -2.36. The number of ether oxygens (including phenoxy) is 7. The minimum absolute atomic E-state index is 0.0147. The maximum atomic E-state index is 14.5. The van der Waals surface area contributed by atoms with Gasteiger partial charge in [-0.15, -0.1) is 0 Å². The van der Waals surface area contributed by atoms with Crippen molar-refractivity contribution in [3.8, 4) is 0 Å². The van der Waals surface area contributed by atoms with Crippen LogP contribution in [0.25, 0.3) is 0 Å². The number of aliphatic hydroxyl groups is 2. The van der Waals surface area contributed by atoms with Crippen molar-refractivity contribution in [1.29, 1.82) is 0 Å². The molecule has 33 nitrogen and oxygen atoms in total. The predicted molar refractivity (Wildman–Crippen MR) is 272 cm³/mol. The van der Waals surface area contributed by atoms with Crippen molar-refractivity contribution < 1.29 is 85.7 Å². The van der Waals surface area contributed by atoms with Gasteiger partial charge in [0.25, 0.3) is 16.7 Å². The summed E-state index contributed by atoms with van der Waals surface area (Å²) >= 11 is 0. The molecule has 1 saturated carbocycles. The van der Waals surface area contributed by atoms with Crippen molar-refractivity contribution >= 4 is 32.9 Å². The van der Waals surface area contributed by atoms with Gasteiger partial charge in [0.15, 0.2) is 23.6 Å². The fourth-order valence-electron chi connectivity index (χ4n) is 9.06. The molecule has 0 aromatic carbocycles. The van der Waals surface area contributed by atoms with E-state index in [1.165, 1.54) is 27.3 Å². The van der Waals surface area contributed by atoms with Crippen LogP contribution in [-0.4, -0.2) is 187 Å². The molecule has 15 unspecified atom stereocenters. The van der Waals surface area contributed by atoms with Gasteiger partial charge in [-0.05, 0) is 27.2 Å². The maximum absolute atomic E-state index is 14.5. The summed E-state index contributed by atoms with van der Waals surface area (Å²) in [6.45, 7) is -0.0264. The molecule has 446 valence electrons. The first kappa shape index (κ1) is 63.6. The van der Waals surface area contributed by atoms with Crippen LogP contribution in [-0.2, 0) is 65.7 Å². The summed E-state index contributed by atoms with van der Waals surface area (Å²) in [6.07, 6.45) is -12.5. The van der Waals surface area contributed by atoms with E-state index in [1.54, 1.807) is 0 Å². The van der Waals surface area contributed by atoms with Gasteiger partial charge in [-0.1, -0.05) is 0 Å². The van der Waals surface area contributed by atoms with Crippen molar-refractivity contribution in [3.63, 3.8) is 0 Å². The highest BCUT2D eigenvalue weighted by Crippen LogP contribution is 2.58. The number of aromatic amines is 3. The first-order valence-corrected chi connectivity index (χ1v) is 28.3. The van der Waals surface area contributed by atoms with E-state index < -0.39 is 178 Å². The lowest BCUT2D eigenvalue weighted by atomic mass is 10.1.